The Kier molecular flexibility index (Phi) is 6.98. The Labute approximate surface area is 220 Å². The molecule has 3 heterocycles. The lowest BCUT2D eigenvalue weighted by Crippen LogP contribution is -2.48. The third-order valence-corrected chi connectivity index (χ3v) is 6.81. The van der Waals surface area contributed by atoms with E-state index in [2.05, 4.69) is 10.1 Å². The highest BCUT2D eigenvalue weighted by atomic mass is 19.4. The molecule has 0 aliphatic carbocycles. The maximum absolute atomic E-state index is 14.2. The minimum absolute atomic E-state index is 0.0557. The molecular formula is C27H24F5N5O2. The Morgan fingerprint density at radius 2 is 1.72 bits per heavy atom. The number of rotatable bonds is 5. The lowest BCUT2D eigenvalue weighted by atomic mass is 10.0. The van der Waals surface area contributed by atoms with Crippen LogP contribution in [0.15, 0.2) is 48.7 Å². The third kappa shape index (κ3) is 5.16. The molecule has 0 atom stereocenters. The zero-order valence-corrected chi connectivity index (χ0v) is 21.1. The molecule has 7 nitrogen and oxygen atoms in total. The smallest absolute Gasteiger partial charge is 0.433 e. The number of carbonyl (C=O) groups is 1. The Balaban J connectivity index is 1.44. The van der Waals surface area contributed by atoms with E-state index >= 15 is 0 Å². The first-order valence-corrected chi connectivity index (χ1v) is 12.1. The van der Waals surface area contributed by atoms with Crippen molar-refractivity contribution < 1.29 is 31.5 Å². The van der Waals surface area contributed by atoms with Crippen LogP contribution in [0.5, 0.6) is 5.75 Å². The predicted octanol–water partition coefficient (Wildman–Crippen LogP) is 4.97. The number of hydrogen-bond acceptors (Lipinski definition) is 5. The highest BCUT2D eigenvalue weighted by molar-refractivity contribution is 6.00. The van der Waals surface area contributed by atoms with E-state index in [4.69, 9.17) is 4.74 Å². The van der Waals surface area contributed by atoms with Crippen LogP contribution in [0.2, 0.25) is 0 Å². The summed E-state index contributed by atoms with van der Waals surface area (Å²) in [6, 6.07) is 9.69. The maximum atomic E-state index is 14.2. The van der Waals surface area contributed by atoms with E-state index in [1.54, 1.807) is 24.3 Å². The van der Waals surface area contributed by atoms with Crippen molar-refractivity contribution in [1.82, 2.24) is 24.4 Å². The van der Waals surface area contributed by atoms with Crippen LogP contribution in [0.1, 0.15) is 27.2 Å². The molecule has 2 aromatic heterocycles. The van der Waals surface area contributed by atoms with Crippen LogP contribution in [0.3, 0.4) is 0 Å². The number of nitrogens with zero attached hydrogens (tertiary/aromatic N) is 5. The van der Waals surface area contributed by atoms with Crippen LogP contribution < -0.4 is 4.74 Å². The van der Waals surface area contributed by atoms with Gasteiger partial charge in [0.1, 0.15) is 22.9 Å². The average molecular weight is 546 g/mol. The number of aromatic nitrogens is 3. The van der Waals surface area contributed by atoms with Crippen molar-refractivity contribution >= 4 is 11.6 Å². The predicted molar refractivity (Wildman–Crippen MR) is 132 cm³/mol. The van der Waals surface area contributed by atoms with Gasteiger partial charge in [-0.3, -0.25) is 9.69 Å². The fraction of sp³-hybridized carbons (Fsp3) is 0.296. The monoisotopic (exact) mass is 545 g/mol. The average Bonchev–Trinajstić information content (AvgIpc) is 3.33. The van der Waals surface area contributed by atoms with E-state index in [0.717, 1.165) is 24.4 Å². The fourth-order valence-electron chi connectivity index (χ4n) is 4.77. The molecule has 2 aromatic carbocycles. The minimum Gasteiger partial charge on any atom is -0.497 e. The van der Waals surface area contributed by atoms with E-state index in [1.165, 1.54) is 18.9 Å². The maximum Gasteiger partial charge on any atom is 0.433 e. The topological polar surface area (TPSA) is 63.0 Å². The number of carbonyl (C=O) groups excluding carboxylic acids is 1. The van der Waals surface area contributed by atoms with Gasteiger partial charge in [-0.15, -0.1) is 0 Å². The lowest BCUT2D eigenvalue weighted by Gasteiger charge is -2.34. The standard InChI is InChI=1S/C27H24F5N5O2/c1-16-23(17-3-6-20(39-2)7-4-17)34-25-21(14-33-37(25)24(16)27(30,31)32)26(38)36-11-9-35(10-12-36)15-18-13-19(28)5-8-22(18)29/h3-8,13-14H,9-12,15H2,1-2H3. The summed E-state index contributed by atoms with van der Waals surface area (Å²) in [5.41, 5.74) is -0.677. The molecule has 0 saturated carbocycles. The molecule has 1 fully saturated rings. The number of alkyl halides is 3. The van der Waals surface area contributed by atoms with Crippen LogP contribution >= 0.6 is 0 Å². The van der Waals surface area contributed by atoms with Gasteiger partial charge in [-0.05, 0) is 49.4 Å². The largest absolute Gasteiger partial charge is 0.497 e. The molecule has 0 bridgehead atoms. The van der Waals surface area contributed by atoms with Crippen LogP contribution in [-0.4, -0.2) is 63.6 Å². The van der Waals surface area contributed by atoms with Gasteiger partial charge in [0.2, 0.25) is 0 Å². The second kappa shape index (κ2) is 10.3. The number of amides is 1. The summed E-state index contributed by atoms with van der Waals surface area (Å²) in [5.74, 6) is -1.03. The molecule has 39 heavy (non-hydrogen) atoms. The number of hydrogen-bond donors (Lipinski definition) is 0. The van der Waals surface area contributed by atoms with Crippen molar-refractivity contribution in [2.45, 2.75) is 19.6 Å². The molecule has 1 aliphatic heterocycles. The SMILES string of the molecule is COc1ccc(-c2nc3c(C(=O)N4CCN(Cc5cc(F)ccc5F)CC4)cnn3c(C(F)(F)F)c2C)cc1. The quantitative estimate of drug-likeness (QED) is 0.332. The summed E-state index contributed by atoms with van der Waals surface area (Å²) in [7, 11) is 1.48. The second-order valence-electron chi connectivity index (χ2n) is 9.26. The Bertz CT molecular complexity index is 1530. The van der Waals surface area contributed by atoms with Crippen molar-refractivity contribution in [3.63, 3.8) is 0 Å². The van der Waals surface area contributed by atoms with Gasteiger partial charge < -0.3 is 9.64 Å². The van der Waals surface area contributed by atoms with Crippen molar-refractivity contribution in [1.29, 1.82) is 0 Å². The Morgan fingerprint density at radius 3 is 2.36 bits per heavy atom. The van der Waals surface area contributed by atoms with Gasteiger partial charge in [0.05, 0.1) is 19.0 Å². The van der Waals surface area contributed by atoms with Crippen LogP contribution in [-0.2, 0) is 12.7 Å². The van der Waals surface area contributed by atoms with Gasteiger partial charge in [0.25, 0.3) is 5.91 Å². The molecule has 0 N–H and O–H groups in total. The highest BCUT2D eigenvalue weighted by Gasteiger charge is 2.39. The first-order chi connectivity index (χ1) is 18.6. The molecule has 1 amide bonds. The second-order valence-corrected chi connectivity index (χ2v) is 9.26. The first-order valence-electron chi connectivity index (χ1n) is 12.1. The van der Waals surface area contributed by atoms with Crippen LogP contribution in [0.4, 0.5) is 22.0 Å². The molecule has 0 radical (unpaired) electrons. The summed E-state index contributed by atoms with van der Waals surface area (Å²) in [5, 5.41) is 3.89. The summed E-state index contributed by atoms with van der Waals surface area (Å²) in [4.78, 5) is 21.3. The third-order valence-electron chi connectivity index (χ3n) is 6.81. The fourth-order valence-corrected chi connectivity index (χ4v) is 4.77. The van der Waals surface area contributed by atoms with Gasteiger partial charge in [-0.2, -0.15) is 18.3 Å². The molecule has 5 rings (SSSR count). The van der Waals surface area contributed by atoms with E-state index in [1.807, 2.05) is 4.90 Å². The molecule has 0 unspecified atom stereocenters. The van der Waals surface area contributed by atoms with E-state index in [9.17, 15) is 26.7 Å². The summed E-state index contributed by atoms with van der Waals surface area (Å²) in [6.07, 6.45) is -3.65. The molecule has 0 spiro atoms. The summed E-state index contributed by atoms with van der Waals surface area (Å²) in [6.45, 7) is 2.73. The van der Waals surface area contributed by atoms with Gasteiger partial charge >= 0.3 is 6.18 Å². The zero-order valence-electron chi connectivity index (χ0n) is 21.1. The number of halogens is 5. The zero-order chi connectivity index (χ0) is 27.9. The van der Waals surface area contributed by atoms with Crippen LogP contribution in [0, 0.1) is 18.6 Å². The van der Waals surface area contributed by atoms with Crippen LogP contribution in [0.25, 0.3) is 16.9 Å². The number of piperazine rings is 1. The molecule has 1 aliphatic rings. The van der Waals surface area contributed by atoms with Crippen molar-refractivity contribution in [3.8, 4) is 17.0 Å². The van der Waals surface area contributed by atoms with Crippen molar-refractivity contribution in [2.75, 3.05) is 33.3 Å². The van der Waals surface area contributed by atoms with Gasteiger partial charge in [0.15, 0.2) is 11.3 Å². The Hall–Kier alpha value is -4.06. The first kappa shape index (κ1) is 26.5. The van der Waals surface area contributed by atoms with Crippen molar-refractivity contribution in [2.24, 2.45) is 0 Å². The number of ether oxygens (including phenoxy) is 1. The molecular weight excluding hydrogens is 521 g/mol. The van der Waals surface area contributed by atoms with Crippen molar-refractivity contribution in [3.05, 3.63) is 82.7 Å². The van der Waals surface area contributed by atoms with E-state index in [-0.39, 0.29) is 47.7 Å². The number of benzene rings is 2. The Morgan fingerprint density at radius 1 is 1.03 bits per heavy atom. The molecule has 1 saturated heterocycles. The number of fused-ring (bicyclic) bond motifs is 1. The van der Waals surface area contributed by atoms with Gasteiger partial charge in [0, 0.05) is 49.4 Å². The summed E-state index contributed by atoms with van der Waals surface area (Å²) < 4.78 is 75.9. The number of methoxy groups -OCH3 is 1. The van der Waals surface area contributed by atoms with Gasteiger partial charge in [-0.1, -0.05) is 0 Å². The van der Waals surface area contributed by atoms with E-state index in [0.29, 0.717) is 28.9 Å². The molecule has 4 aromatic rings. The highest BCUT2D eigenvalue weighted by Crippen LogP contribution is 2.37. The lowest BCUT2D eigenvalue weighted by molar-refractivity contribution is -0.143. The van der Waals surface area contributed by atoms with E-state index < -0.39 is 29.4 Å². The molecule has 204 valence electrons. The van der Waals surface area contributed by atoms with Gasteiger partial charge in [-0.25, -0.2) is 18.3 Å². The summed E-state index contributed by atoms with van der Waals surface area (Å²) >= 11 is 0. The minimum atomic E-state index is -4.75. The normalized spacial score (nSPS) is 14.7. The molecule has 12 heteroatoms.